The van der Waals surface area contributed by atoms with Crippen LogP contribution in [0.5, 0.6) is 5.75 Å². The summed E-state index contributed by atoms with van der Waals surface area (Å²) in [4.78, 5) is 6.43. The van der Waals surface area contributed by atoms with Crippen molar-refractivity contribution in [2.45, 2.75) is 32.9 Å². The first kappa shape index (κ1) is 16.5. The fraction of sp³-hybridized carbons (Fsp3) is 0.471. The summed E-state index contributed by atoms with van der Waals surface area (Å²) in [6.07, 6.45) is 1.73. The van der Waals surface area contributed by atoms with E-state index in [1.54, 1.807) is 27.2 Å². The summed E-state index contributed by atoms with van der Waals surface area (Å²) in [6, 6.07) is 7.67. The topological polar surface area (TPSA) is 58.7 Å². The molecule has 0 atom stereocenters. The first-order valence-electron chi connectivity index (χ1n) is 7.45. The summed E-state index contributed by atoms with van der Waals surface area (Å²) in [5.74, 6) is 2.19. The van der Waals surface area contributed by atoms with Gasteiger partial charge >= 0.3 is 0 Å². The highest BCUT2D eigenvalue weighted by Gasteiger charge is 2.19. The Kier molecular flexibility index (Phi) is 5.21. The maximum Gasteiger partial charge on any atom is 0.209 e. The van der Waals surface area contributed by atoms with Gasteiger partial charge in [0.15, 0.2) is 5.76 Å². The molecule has 5 nitrogen and oxygen atoms in total. The highest BCUT2D eigenvalue weighted by atomic mass is 16.5. The van der Waals surface area contributed by atoms with Crippen molar-refractivity contribution >= 4 is 0 Å². The second kappa shape index (κ2) is 6.94. The predicted octanol–water partition coefficient (Wildman–Crippen LogP) is 2.94. The van der Waals surface area contributed by atoms with Crippen molar-refractivity contribution in [3.8, 4) is 17.1 Å². The van der Waals surface area contributed by atoms with Crippen LogP contribution in [0.4, 0.5) is 0 Å². The van der Waals surface area contributed by atoms with Gasteiger partial charge in [-0.15, -0.1) is 0 Å². The van der Waals surface area contributed by atoms with Gasteiger partial charge in [-0.3, -0.25) is 4.90 Å². The first-order valence-corrected chi connectivity index (χ1v) is 7.45. The lowest BCUT2D eigenvalue weighted by Crippen LogP contribution is -2.38. The molecule has 1 N–H and O–H groups in total. The van der Waals surface area contributed by atoms with E-state index in [-0.39, 0.29) is 0 Å². The van der Waals surface area contributed by atoms with Crippen LogP contribution >= 0.6 is 0 Å². The van der Waals surface area contributed by atoms with Crippen molar-refractivity contribution in [1.29, 1.82) is 0 Å². The Hall–Kier alpha value is -1.85. The van der Waals surface area contributed by atoms with Gasteiger partial charge in [0.25, 0.3) is 0 Å². The fourth-order valence-electron chi connectivity index (χ4n) is 2.29. The fourth-order valence-corrected chi connectivity index (χ4v) is 2.29. The molecule has 0 saturated heterocycles. The SMILES string of the molecule is CCN(Cc1ncc(-c2ccc(OC)cc2)o1)CC(C)(C)O. The zero-order chi connectivity index (χ0) is 16.2. The molecule has 0 radical (unpaired) electrons. The first-order chi connectivity index (χ1) is 10.4. The molecule has 0 aliphatic heterocycles. The maximum atomic E-state index is 9.93. The zero-order valence-electron chi connectivity index (χ0n) is 13.7. The number of ether oxygens (including phenoxy) is 1. The largest absolute Gasteiger partial charge is 0.497 e. The summed E-state index contributed by atoms with van der Waals surface area (Å²) < 4.78 is 11.0. The molecule has 1 heterocycles. The van der Waals surface area contributed by atoms with E-state index in [9.17, 15) is 5.11 Å². The highest BCUT2D eigenvalue weighted by Crippen LogP contribution is 2.23. The van der Waals surface area contributed by atoms with Gasteiger partial charge in [-0.25, -0.2) is 4.98 Å². The van der Waals surface area contributed by atoms with E-state index in [0.717, 1.165) is 23.6 Å². The molecular formula is C17H24N2O3. The third kappa shape index (κ3) is 4.58. The molecule has 0 saturated carbocycles. The second-order valence-corrected chi connectivity index (χ2v) is 5.96. The molecule has 2 aromatic rings. The van der Waals surface area contributed by atoms with Crippen molar-refractivity contribution < 1.29 is 14.3 Å². The Morgan fingerprint density at radius 1 is 1.27 bits per heavy atom. The zero-order valence-corrected chi connectivity index (χ0v) is 13.7. The van der Waals surface area contributed by atoms with Crippen LogP contribution in [0.1, 0.15) is 26.7 Å². The smallest absolute Gasteiger partial charge is 0.209 e. The Morgan fingerprint density at radius 3 is 2.50 bits per heavy atom. The molecule has 0 spiro atoms. The van der Waals surface area contributed by atoms with Crippen LogP contribution in [-0.4, -0.2) is 40.8 Å². The van der Waals surface area contributed by atoms with Crippen LogP contribution in [0.15, 0.2) is 34.9 Å². The van der Waals surface area contributed by atoms with Gasteiger partial charge in [-0.2, -0.15) is 0 Å². The summed E-state index contributed by atoms with van der Waals surface area (Å²) in [6.45, 7) is 7.63. The molecule has 22 heavy (non-hydrogen) atoms. The Balaban J connectivity index is 2.06. The van der Waals surface area contributed by atoms with E-state index in [1.807, 2.05) is 24.3 Å². The molecule has 1 aromatic carbocycles. The molecule has 5 heteroatoms. The number of likely N-dealkylation sites (N-methyl/N-ethyl adjacent to an activating group) is 1. The summed E-state index contributed by atoms with van der Waals surface area (Å²) >= 11 is 0. The van der Waals surface area contributed by atoms with Crippen molar-refractivity contribution in [3.63, 3.8) is 0 Å². The number of benzene rings is 1. The van der Waals surface area contributed by atoms with Gasteiger partial charge in [-0.05, 0) is 44.7 Å². The van der Waals surface area contributed by atoms with Gasteiger partial charge in [0, 0.05) is 12.1 Å². The van der Waals surface area contributed by atoms with Crippen LogP contribution < -0.4 is 4.74 Å². The van der Waals surface area contributed by atoms with Crippen molar-refractivity contribution in [2.75, 3.05) is 20.2 Å². The normalized spacial score (nSPS) is 11.9. The molecule has 0 bridgehead atoms. The average molecular weight is 304 g/mol. The molecule has 120 valence electrons. The van der Waals surface area contributed by atoms with Crippen LogP contribution in [0, 0.1) is 0 Å². The Bertz CT molecular complexity index is 585. The lowest BCUT2D eigenvalue weighted by atomic mass is 10.1. The van der Waals surface area contributed by atoms with E-state index in [2.05, 4.69) is 16.8 Å². The lowest BCUT2D eigenvalue weighted by molar-refractivity contribution is 0.0329. The third-order valence-corrected chi connectivity index (χ3v) is 3.34. The number of hydrogen-bond acceptors (Lipinski definition) is 5. The maximum absolute atomic E-state index is 9.93. The quantitative estimate of drug-likeness (QED) is 0.852. The lowest BCUT2D eigenvalue weighted by Gasteiger charge is -2.26. The summed E-state index contributed by atoms with van der Waals surface area (Å²) in [7, 11) is 1.64. The highest BCUT2D eigenvalue weighted by molar-refractivity contribution is 5.57. The minimum absolute atomic E-state index is 0.573. The molecule has 0 unspecified atom stereocenters. The molecule has 0 amide bonds. The number of oxazole rings is 1. The molecular weight excluding hydrogens is 280 g/mol. The van der Waals surface area contributed by atoms with E-state index in [4.69, 9.17) is 9.15 Å². The van der Waals surface area contributed by atoms with E-state index in [0.29, 0.717) is 19.0 Å². The van der Waals surface area contributed by atoms with Gasteiger partial charge in [0.2, 0.25) is 5.89 Å². The van der Waals surface area contributed by atoms with Crippen LogP contribution in [0.2, 0.25) is 0 Å². The van der Waals surface area contributed by atoms with Gasteiger partial charge in [0.1, 0.15) is 5.75 Å². The standard InChI is InChI=1S/C17H24N2O3/c1-5-19(12-17(2,3)20)11-16-18-10-15(22-16)13-6-8-14(21-4)9-7-13/h6-10,20H,5,11-12H2,1-4H3. The Morgan fingerprint density at radius 2 is 1.95 bits per heavy atom. The number of nitrogens with zero attached hydrogens (tertiary/aromatic N) is 2. The summed E-state index contributed by atoms with van der Waals surface area (Å²) in [5.41, 5.74) is 0.228. The number of hydrogen-bond donors (Lipinski definition) is 1. The predicted molar refractivity (Wildman–Crippen MR) is 85.7 cm³/mol. The Labute approximate surface area is 131 Å². The van der Waals surface area contributed by atoms with Crippen LogP contribution in [0.25, 0.3) is 11.3 Å². The van der Waals surface area contributed by atoms with Crippen molar-refractivity contribution in [2.24, 2.45) is 0 Å². The van der Waals surface area contributed by atoms with E-state index in [1.165, 1.54) is 0 Å². The second-order valence-electron chi connectivity index (χ2n) is 5.96. The number of rotatable bonds is 7. The molecule has 2 rings (SSSR count). The van der Waals surface area contributed by atoms with Crippen LogP contribution in [0.3, 0.4) is 0 Å². The number of aromatic nitrogens is 1. The van der Waals surface area contributed by atoms with E-state index < -0.39 is 5.60 Å². The van der Waals surface area contributed by atoms with Crippen molar-refractivity contribution in [3.05, 3.63) is 36.4 Å². The van der Waals surface area contributed by atoms with Gasteiger partial charge < -0.3 is 14.3 Å². The van der Waals surface area contributed by atoms with E-state index >= 15 is 0 Å². The van der Waals surface area contributed by atoms with Gasteiger partial charge in [0.05, 0.1) is 25.5 Å². The average Bonchev–Trinajstić information content (AvgIpc) is 2.93. The molecule has 0 aliphatic rings. The summed E-state index contributed by atoms with van der Waals surface area (Å²) in [5, 5.41) is 9.93. The molecule has 0 aliphatic carbocycles. The minimum Gasteiger partial charge on any atom is -0.497 e. The molecule has 0 fully saturated rings. The third-order valence-electron chi connectivity index (χ3n) is 3.34. The van der Waals surface area contributed by atoms with Crippen LogP contribution in [-0.2, 0) is 6.54 Å². The molecule has 1 aromatic heterocycles. The minimum atomic E-state index is -0.735. The number of methoxy groups -OCH3 is 1. The number of aliphatic hydroxyl groups is 1. The van der Waals surface area contributed by atoms with Gasteiger partial charge in [-0.1, -0.05) is 6.92 Å². The monoisotopic (exact) mass is 304 g/mol. The van der Waals surface area contributed by atoms with Crippen molar-refractivity contribution in [1.82, 2.24) is 9.88 Å².